The molecular formula is C14H20FO5S-. The van der Waals surface area contributed by atoms with E-state index in [4.69, 9.17) is 4.74 Å². The van der Waals surface area contributed by atoms with E-state index in [9.17, 15) is 14.4 Å². The second kappa shape index (κ2) is 5.68. The summed E-state index contributed by atoms with van der Waals surface area (Å²) >= 11 is 0.0279. The Kier molecular flexibility index (Phi) is 4.20. The molecule has 21 heavy (non-hydrogen) atoms. The van der Waals surface area contributed by atoms with Gasteiger partial charge < -0.3 is 9.99 Å². The normalized spacial score (nSPS) is 40.0. The molecule has 0 aromatic rings. The molecule has 4 aliphatic carbocycles. The van der Waals surface area contributed by atoms with E-state index < -0.39 is 11.0 Å². The minimum atomic E-state index is -2.44. The zero-order valence-electron chi connectivity index (χ0n) is 12.0. The fourth-order valence-corrected chi connectivity index (χ4v) is 5.21. The fraction of sp³-hybridized carbons (Fsp3) is 0.929. The minimum absolute atomic E-state index is 0.0279. The van der Waals surface area contributed by atoms with Crippen molar-refractivity contribution in [2.24, 2.45) is 23.2 Å². The predicted octanol–water partition coefficient (Wildman–Crippen LogP) is 2.30. The van der Waals surface area contributed by atoms with Gasteiger partial charge in [0.2, 0.25) is 0 Å². The molecule has 0 aromatic carbocycles. The van der Waals surface area contributed by atoms with Gasteiger partial charge in [0.1, 0.15) is 0 Å². The monoisotopic (exact) mass is 319 g/mol. The molecule has 1 atom stereocenters. The van der Waals surface area contributed by atoms with Gasteiger partial charge in [-0.15, -0.1) is 0 Å². The summed E-state index contributed by atoms with van der Waals surface area (Å²) in [7, 11) is 0. The van der Waals surface area contributed by atoms with Crippen LogP contribution in [0.2, 0.25) is 0 Å². The summed E-state index contributed by atoms with van der Waals surface area (Å²) < 4.78 is 23.1. The van der Waals surface area contributed by atoms with Crippen LogP contribution >= 0.6 is 12.0 Å². The highest BCUT2D eigenvalue weighted by atomic mass is 32.2. The lowest BCUT2D eigenvalue weighted by Gasteiger charge is -2.56. The van der Waals surface area contributed by atoms with Crippen LogP contribution in [0.15, 0.2) is 0 Å². The third-order valence-electron chi connectivity index (χ3n) is 5.26. The quantitative estimate of drug-likeness (QED) is 0.324. The summed E-state index contributed by atoms with van der Waals surface area (Å²) in [6.07, 6.45) is 7.17. The second-order valence-corrected chi connectivity index (χ2v) is 8.20. The number of carbonyl (C=O) groups excluding carboxylic acids is 1. The van der Waals surface area contributed by atoms with Crippen LogP contribution in [0.25, 0.3) is 0 Å². The number of alkyl halides is 1. The largest absolute Gasteiger partial charge is 0.691 e. The van der Waals surface area contributed by atoms with E-state index in [2.05, 4.69) is 9.37 Å². The van der Waals surface area contributed by atoms with Crippen LogP contribution in [0.5, 0.6) is 0 Å². The number of esters is 1. The van der Waals surface area contributed by atoms with Crippen molar-refractivity contribution in [2.75, 3.05) is 6.61 Å². The van der Waals surface area contributed by atoms with Gasteiger partial charge in [-0.3, -0.25) is 5.04 Å². The molecular weight excluding hydrogens is 299 g/mol. The molecule has 0 radical (unpaired) electrons. The third kappa shape index (κ3) is 3.21. The van der Waals surface area contributed by atoms with Crippen molar-refractivity contribution in [3.63, 3.8) is 0 Å². The number of ether oxygens (including phenoxy) is 1. The van der Waals surface area contributed by atoms with Gasteiger partial charge in [0.05, 0.1) is 18.6 Å². The summed E-state index contributed by atoms with van der Waals surface area (Å²) in [6, 6.07) is 0. The van der Waals surface area contributed by atoms with Gasteiger partial charge in [0.15, 0.2) is 0 Å². The lowest BCUT2D eigenvalue weighted by molar-refractivity contribution is -0.777. The van der Waals surface area contributed by atoms with Crippen molar-refractivity contribution >= 4 is 18.0 Å². The Morgan fingerprint density at radius 2 is 1.81 bits per heavy atom. The lowest BCUT2D eigenvalue weighted by Crippen LogP contribution is -2.49. The average molecular weight is 319 g/mol. The highest BCUT2D eigenvalue weighted by Crippen LogP contribution is 2.60. The second-order valence-electron chi connectivity index (χ2n) is 7.13. The summed E-state index contributed by atoms with van der Waals surface area (Å²) in [5.74, 6) is 1.23. The van der Waals surface area contributed by atoms with Gasteiger partial charge in [-0.05, 0) is 63.2 Å². The molecule has 4 saturated carbocycles. The standard InChI is InChI=1S/C14H21FO5S/c1-13(15,21-20-19-17)12(16)18-8-14-5-9-2-10(6-14)4-11(3-9)7-14/h9-11,17H,2-8H2,1H3/p-1. The molecule has 4 rings (SSSR count). The lowest BCUT2D eigenvalue weighted by atomic mass is 9.50. The predicted molar refractivity (Wildman–Crippen MR) is 70.8 cm³/mol. The Hall–Kier alpha value is -0.370. The first-order chi connectivity index (χ1) is 9.92. The molecule has 0 saturated heterocycles. The molecule has 5 nitrogen and oxygen atoms in total. The van der Waals surface area contributed by atoms with Crippen molar-refractivity contribution in [1.29, 1.82) is 0 Å². The maximum Gasteiger partial charge on any atom is 0.356 e. The van der Waals surface area contributed by atoms with Gasteiger partial charge in [0.25, 0.3) is 5.00 Å². The number of halogens is 1. The molecule has 0 aliphatic heterocycles. The zero-order chi connectivity index (χ0) is 15.1. The minimum Gasteiger partial charge on any atom is -0.691 e. The highest BCUT2D eigenvalue weighted by Gasteiger charge is 2.52. The molecule has 0 heterocycles. The maximum atomic E-state index is 14.0. The zero-order valence-corrected chi connectivity index (χ0v) is 12.8. The van der Waals surface area contributed by atoms with E-state index in [1.54, 1.807) is 0 Å². The van der Waals surface area contributed by atoms with Gasteiger partial charge in [0, 0.05) is 5.41 Å². The van der Waals surface area contributed by atoms with E-state index in [1.165, 1.54) is 19.3 Å². The Morgan fingerprint density at radius 3 is 2.29 bits per heavy atom. The highest BCUT2D eigenvalue weighted by molar-refractivity contribution is 7.96. The first kappa shape index (κ1) is 15.5. The molecule has 0 N–H and O–H groups in total. The van der Waals surface area contributed by atoms with Gasteiger partial charge in [-0.25, -0.2) is 9.18 Å². The topological polar surface area (TPSA) is 67.8 Å². The van der Waals surface area contributed by atoms with Gasteiger partial charge in [-0.1, -0.05) is 0 Å². The van der Waals surface area contributed by atoms with Crippen LogP contribution in [-0.2, 0) is 18.9 Å². The molecule has 4 aliphatic rings. The van der Waals surface area contributed by atoms with E-state index in [1.807, 2.05) is 0 Å². The van der Waals surface area contributed by atoms with Crippen molar-refractivity contribution in [3.8, 4) is 0 Å². The van der Waals surface area contributed by atoms with Gasteiger partial charge >= 0.3 is 5.97 Å². The molecule has 7 heteroatoms. The smallest absolute Gasteiger partial charge is 0.356 e. The van der Waals surface area contributed by atoms with Gasteiger partial charge in [-0.2, -0.15) is 4.33 Å². The fourth-order valence-electron chi connectivity index (χ4n) is 4.93. The van der Waals surface area contributed by atoms with E-state index in [0.29, 0.717) is 0 Å². The summed E-state index contributed by atoms with van der Waals surface area (Å²) in [6.45, 7) is 1.27. The van der Waals surface area contributed by atoms with E-state index in [-0.39, 0.29) is 24.1 Å². The molecule has 4 bridgehead atoms. The van der Waals surface area contributed by atoms with E-state index in [0.717, 1.165) is 43.9 Å². The number of hydrogen-bond donors (Lipinski definition) is 0. The Labute approximate surface area is 127 Å². The molecule has 1 unspecified atom stereocenters. The Morgan fingerprint density at radius 1 is 1.29 bits per heavy atom. The number of carbonyl (C=O) groups is 1. The average Bonchev–Trinajstić information content (AvgIpc) is 2.41. The number of rotatable bonds is 6. The third-order valence-corrected chi connectivity index (χ3v) is 5.86. The van der Waals surface area contributed by atoms with Crippen LogP contribution in [0.3, 0.4) is 0 Å². The van der Waals surface area contributed by atoms with Crippen LogP contribution in [0.4, 0.5) is 4.39 Å². The summed E-state index contributed by atoms with van der Waals surface area (Å²) in [5.41, 5.74) is 0.0427. The van der Waals surface area contributed by atoms with E-state index >= 15 is 0 Å². The van der Waals surface area contributed by atoms with Crippen LogP contribution in [0.1, 0.15) is 45.4 Å². The van der Waals surface area contributed by atoms with Crippen LogP contribution in [0, 0.1) is 23.2 Å². The maximum absolute atomic E-state index is 14.0. The molecule has 0 amide bonds. The Balaban J connectivity index is 1.56. The van der Waals surface area contributed by atoms with Crippen LogP contribution < -0.4 is 5.26 Å². The van der Waals surface area contributed by atoms with Crippen molar-refractivity contribution in [2.45, 2.75) is 50.4 Å². The van der Waals surface area contributed by atoms with Crippen LogP contribution in [-0.4, -0.2) is 17.6 Å². The SMILES string of the molecule is CC(F)(SOO[O-])C(=O)OCC12CC3CC(CC(C3)C1)C2. The first-order valence-electron chi connectivity index (χ1n) is 7.43. The Bertz CT molecular complexity index is 379. The molecule has 120 valence electrons. The number of hydrogen-bond acceptors (Lipinski definition) is 6. The first-order valence-corrected chi connectivity index (χ1v) is 8.17. The summed E-state index contributed by atoms with van der Waals surface area (Å²) in [4.78, 5) is 11.8. The summed E-state index contributed by atoms with van der Waals surface area (Å²) in [5, 5.41) is 10.4. The molecule has 0 aromatic heterocycles. The van der Waals surface area contributed by atoms with Crippen molar-refractivity contribution in [1.82, 2.24) is 0 Å². The molecule has 4 fully saturated rings. The van der Waals surface area contributed by atoms with Crippen molar-refractivity contribution < 1.29 is 28.6 Å². The van der Waals surface area contributed by atoms with Crippen molar-refractivity contribution in [3.05, 3.63) is 0 Å². The molecule has 0 spiro atoms.